The molecule has 2 heterocycles. The van der Waals surface area contributed by atoms with Crippen molar-refractivity contribution in [3.63, 3.8) is 0 Å². The van der Waals surface area contributed by atoms with Crippen molar-refractivity contribution in [1.82, 2.24) is 15.1 Å². The van der Waals surface area contributed by atoms with Crippen LogP contribution in [0.4, 0.5) is 5.69 Å². The van der Waals surface area contributed by atoms with Crippen LogP contribution in [0, 0.1) is 5.92 Å². The van der Waals surface area contributed by atoms with E-state index in [0.29, 0.717) is 47.4 Å². The average Bonchev–Trinajstić information content (AvgIpc) is 3.21. The number of imide groups is 1. The van der Waals surface area contributed by atoms with Crippen LogP contribution in [0.1, 0.15) is 88.5 Å². The van der Waals surface area contributed by atoms with Crippen molar-refractivity contribution in [2.75, 3.05) is 45.2 Å². The van der Waals surface area contributed by atoms with Crippen LogP contribution in [0.5, 0.6) is 11.5 Å². The number of amides is 2. The smallest absolute Gasteiger partial charge is 0.249 e. The quantitative estimate of drug-likeness (QED) is 0.0909. The SMILES string of the molecule is C=C(c1cc(NCCC2CCN(CCOc3ccc(C4c5ccc(O)cc5CCC4c4ccccc4)cc3)CC2)ccc1C=O)N(C)C1CCC(=O)NC1=O. The van der Waals surface area contributed by atoms with Gasteiger partial charge in [-0.25, -0.2) is 0 Å². The summed E-state index contributed by atoms with van der Waals surface area (Å²) in [5, 5.41) is 16.1. The minimum absolute atomic E-state index is 0.219. The van der Waals surface area contributed by atoms with E-state index in [9.17, 15) is 19.5 Å². The van der Waals surface area contributed by atoms with Gasteiger partial charge in [0.15, 0.2) is 6.29 Å². The first kappa shape index (κ1) is 37.9. The molecule has 0 spiro atoms. The molecular formula is C46H52N4O5. The molecule has 3 atom stereocenters. The van der Waals surface area contributed by atoms with E-state index in [1.165, 1.54) is 22.3 Å². The van der Waals surface area contributed by atoms with Crippen molar-refractivity contribution >= 4 is 29.5 Å². The zero-order valence-corrected chi connectivity index (χ0v) is 31.7. The van der Waals surface area contributed by atoms with E-state index in [2.05, 4.69) is 82.8 Å². The number of hydrogen-bond donors (Lipinski definition) is 3. The predicted octanol–water partition coefficient (Wildman–Crippen LogP) is 7.37. The Balaban J connectivity index is 0.862. The molecule has 4 aromatic rings. The Bertz CT molecular complexity index is 1990. The van der Waals surface area contributed by atoms with Gasteiger partial charge in [-0.2, -0.15) is 0 Å². The first-order chi connectivity index (χ1) is 26.8. The fourth-order valence-electron chi connectivity index (χ4n) is 8.71. The van der Waals surface area contributed by atoms with E-state index in [-0.39, 0.29) is 24.2 Å². The van der Waals surface area contributed by atoms with Crippen LogP contribution in [0.3, 0.4) is 0 Å². The van der Waals surface area contributed by atoms with Crippen LogP contribution in [0.2, 0.25) is 0 Å². The Morgan fingerprint density at radius 3 is 2.47 bits per heavy atom. The number of likely N-dealkylation sites (tertiary alicyclic amines) is 1. The number of phenolic OH excluding ortho intramolecular Hbond substituents is 1. The number of nitrogens with zero attached hydrogens (tertiary/aromatic N) is 2. The first-order valence-electron chi connectivity index (χ1n) is 19.7. The van der Waals surface area contributed by atoms with Crippen molar-refractivity contribution < 1.29 is 24.2 Å². The van der Waals surface area contributed by atoms with Crippen LogP contribution in [-0.4, -0.2) is 78.9 Å². The lowest BCUT2D eigenvalue weighted by molar-refractivity contribution is -0.136. The molecule has 9 heteroatoms. The molecule has 2 aliphatic heterocycles. The zero-order valence-electron chi connectivity index (χ0n) is 31.7. The highest BCUT2D eigenvalue weighted by molar-refractivity contribution is 6.01. The summed E-state index contributed by atoms with van der Waals surface area (Å²) in [5.41, 5.74) is 7.81. The number of nitrogens with one attached hydrogen (secondary N) is 2. The molecule has 7 rings (SSSR count). The normalized spacial score (nSPS) is 20.3. The summed E-state index contributed by atoms with van der Waals surface area (Å²) >= 11 is 0. The van der Waals surface area contributed by atoms with Gasteiger partial charge in [-0.3, -0.25) is 24.6 Å². The molecule has 286 valence electrons. The highest BCUT2D eigenvalue weighted by Crippen LogP contribution is 2.47. The predicted molar refractivity (Wildman–Crippen MR) is 216 cm³/mol. The van der Waals surface area contributed by atoms with Gasteiger partial charge in [-0.1, -0.05) is 55.1 Å². The lowest BCUT2D eigenvalue weighted by Gasteiger charge is -2.35. The van der Waals surface area contributed by atoms with Gasteiger partial charge < -0.3 is 20.1 Å². The molecule has 0 radical (unpaired) electrons. The molecule has 2 amide bonds. The number of fused-ring (bicyclic) bond motifs is 1. The van der Waals surface area contributed by atoms with Gasteiger partial charge in [-0.15, -0.1) is 0 Å². The van der Waals surface area contributed by atoms with Crippen molar-refractivity contribution in [2.45, 2.75) is 62.8 Å². The average molecular weight is 741 g/mol. The van der Waals surface area contributed by atoms with Crippen LogP contribution in [0.25, 0.3) is 5.70 Å². The topological polar surface area (TPSA) is 111 Å². The van der Waals surface area contributed by atoms with E-state index >= 15 is 0 Å². The number of aldehydes is 1. The van der Waals surface area contributed by atoms with Gasteiger partial charge in [0.25, 0.3) is 0 Å². The molecule has 9 nitrogen and oxygen atoms in total. The van der Waals surface area contributed by atoms with Crippen molar-refractivity contribution in [2.24, 2.45) is 5.92 Å². The first-order valence-corrected chi connectivity index (χ1v) is 19.7. The molecular weight excluding hydrogens is 689 g/mol. The molecule has 4 aromatic carbocycles. The number of ether oxygens (including phenoxy) is 1. The number of aromatic hydroxyl groups is 1. The molecule has 3 unspecified atom stereocenters. The van der Waals surface area contributed by atoms with Gasteiger partial charge in [-0.05, 0) is 128 Å². The van der Waals surface area contributed by atoms with Crippen molar-refractivity contribution in [1.29, 1.82) is 0 Å². The van der Waals surface area contributed by atoms with Crippen molar-refractivity contribution in [3.8, 4) is 11.5 Å². The number of likely N-dealkylation sites (N-methyl/N-ethyl adjacent to an activating group) is 1. The lowest BCUT2D eigenvalue weighted by atomic mass is 9.69. The fraction of sp³-hybridized carbons (Fsp3) is 0.370. The maximum atomic E-state index is 12.5. The van der Waals surface area contributed by atoms with E-state index in [1.807, 2.05) is 24.3 Å². The van der Waals surface area contributed by atoms with Crippen LogP contribution < -0.4 is 15.4 Å². The molecule has 0 saturated carbocycles. The summed E-state index contributed by atoms with van der Waals surface area (Å²) in [6, 6.07) is 30.4. The molecule has 3 aliphatic rings. The minimum Gasteiger partial charge on any atom is -0.508 e. The van der Waals surface area contributed by atoms with Gasteiger partial charge in [0.2, 0.25) is 11.8 Å². The summed E-state index contributed by atoms with van der Waals surface area (Å²) in [4.78, 5) is 40.2. The Hall–Kier alpha value is -5.41. The summed E-state index contributed by atoms with van der Waals surface area (Å²) in [7, 11) is 1.78. The van der Waals surface area contributed by atoms with Gasteiger partial charge in [0, 0.05) is 55.0 Å². The number of benzene rings is 4. The van der Waals surface area contributed by atoms with E-state index in [4.69, 9.17) is 4.74 Å². The van der Waals surface area contributed by atoms with Crippen LogP contribution in [0.15, 0.2) is 97.6 Å². The standard InChI is InChI=1S/C46H52N4O5/c1-31(49(2)43-18-19-44(53)48-46(43)54)42-29-37(12-8-36(42)30-51)47-23-20-32-21-24-50(25-22-32)26-27-55-39-14-9-34(10-15-39)45-40(33-6-4-3-5-7-33)16-11-35-28-38(52)13-17-41(35)45/h3-10,12-15,17,28-30,32,40,43,45,47,52H,1,11,16,18-27H2,2H3,(H,48,53,54). The molecule has 2 saturated heterocycles. The summed E-state index contributed by atoms with van der Waals surface area (Å²) in [6.45, 7) is 8.66. The van der Waals surface area contributed by atoms with Crippen LogP contribution >= 0.6 is 0 Å². The second kappa shape index (κ2) is 17.4. The summed E-state index contributed by atoms with van der Waals surface area (Å²) < 4.78 is 6.24. The van der Waals surface area contributed by atoms with E-state index in [1.54, 1.807) is 18.0 Å². The van der Waals surface area contributed by atoms with Gasteiger partial charge in [0.1, 0.15) is 24.1 Å². The Morgan fingerprint density at radius 1 is 0.945 bits per heavy atom. The Morgan fingerprint density at radius 2 is 1.73 bits per heavy atom. The van der Waals surface area contributed by atoms with Crippen LogP contribution in [-0.2, 0) is 16.0 Å². The Kier molecular flexibility index (Phi) is 12.0. The second-order valence-electron chi connectivity index (χ2n) is 15.3. The minimum atomic E-state index is -0.512. The number of piperidine rings is 2. The maximum absolute atomic E-state index is 12.5. The highest BCUT2D eigenvalue weighted by atomic mass is 16.5. The molecule has 3 N–H and O–H groups in total. The number of phenols is 1. The number of carbonyl (C=O) groups is 3. The molecule has 0 aromatic heterocycles. The maximum Gasteiger partial charge on any atom is 0.249 e. The number of rotatable bonds is 14. The fourth-order valence-corrected chi connectivity index (χ4v) is 8.71. The zero-order chi connectivity index (χ0) is 38.3. The summed E-state index contributed by atoms with van der Waals surface area (Å²) in [5.74, 6) is 1.84. The Labute approximate surface area is 324 Å². The third-order valence-corrected chi connectivity index (χ3v) is 11.9. The summed E-state index contributed by atoms with van der Waals surface area (Å²) in [6.07, 6.45) is 6.83. The third-order valence-electron chi connectivity index (χ3n) is 11.9. The lowest BCUT2D eigenvalue weighted by Crippen LogP contribution is -2.50. The number of anilines is 1. The molecule has 0 bridgehead atoms. The molecule has 2 fully saturated rings. The van der Waals surface area contributed by atoms with Gasteiger partial charge >= 0.3 is 0 Å². The number of hydrogen-bond acceptors (Lipinski definition) is 8. The largest absolute Gasteiger partial charge is 0.508 e. The van der Waals surface area contributed by atoms with Crippen molar-refractivity contribution in [3.05, 3.63) is 131 Å². The molecule has 1 aliphatic carbocycles. The van der Waals surface area contributed by atoms with E-state index < -0.39 is 6.04 Å². The monoisotopic (exact) mass is 740 g/mol. The molecule has 55 heavy (non-hydrogen) atoms. The van der Waals surface area contributed by atoms with E-state index in [0.717, 1.165) is 76.0 Å². The third kappa shape index (κ3) is 8.94. The highest BCUT2D eigenvalue weighted by Gasteiger charge is 2.33. The van der Waals surface area contributed by atoms with Gasteiger partial charge in [0.05, 0.1) is 0 Å². The number of aryl methyl sites for hydroxylation is 1. The number of carbonyl (C=O) groups excluding carboxylic acids is 3. The second-order valence-corrected chi connectivity index (χ2v) is 15.3.